The molecule has 0 saturated heterocycles. The fourth-order valence-electron chi connectivity index (χ4n) is 1.49. The van der Waals surface area contributed by atoms with E-state index in [9.17, 15) is 13.2 Å². The summed E-state index contributed by atoms with van der Waals surface area (Å²) in [7, 11) is -3.53. The van der Waals surface area contributed by atoms with Gasteiger partial charge in [-0.1, -0.05) is 0 Å². The molecule has 2 heterocycles. The van der Waals surface area contributed by atoms with Gasteiger partial charge in [-0.05, 0) is 19.1 Å². The molecule has 0 aromatic carbocycles. The number of hydrogen-bond donors (Lipinski definition) is 1. The summed E-state index contributed by atoms with van der Waals surface area (Å²) in [6.45, 7) is 1.70. The lowest BCUT2D eigenvalue weighted by atomic mass is 10.3. The smallest absolute Gasteiger partial charge is 0.258 e. The van der Waals surface area contributed by atoms with E-state index in [4.69, 9.17) is 0 Å². The van der Waals surface area contributed by atoms with Crippen LogP contribution >= 0.6 is 0 Å². The normalized spacial score (nSPS) is 11.1. The molecule has 2 rings (SSSR count). The summed E-state index contributed by atoms with van der Waals surface area (Å²) in [6.07, 6.45) is 5.11. The summed E-state index contributed by atoms with van der Waals surface area (Å²) in [5.41, 5.74) is 0.361. The van der Waals surface area contributed by atoms with Crippen molar-refractivity contribution >= 4 is 21.4 Å². The van der Waals surface area contributed by atoms with Gasteiger partial charge in [-0.3, -0.25) is 4.79 Å². The van der Waals surface area contributed by atoms with Crippen LogP contribution in [0.5, 0.6) is 0 Å². The number of anilines is 1. The Bertz CT molecular complexity index is 742. The summed E-state index contributed by atoms with van der Waals surface area (Å²) >= 11 is 0. The molecule has 104 valence electrons. The molecule has 0 aliphatic carbocycles. The largest absolute Gasteiger partial charge is 0.319 e. The minimum Gasteiger partial charge on any atom is -0.319 e. The number of nitrogens with one attached hydrogen (secondary N) is 1. The number of pyridine rings is 1. The van der Waals surface area contributed by atoms with E-state index < -0.39 is 15.7 Å². The summed E-state index contributed by atoms with van der Waals surface area (Å²) in [5.74, 6) is 0.0441. The van der Waals surface area contributed by atoms with Crippen molar-refractivity contribution in [2.45, 2.75) is 11.9 Å². The third-order valence-electron chi connectivity index (χ3n) is 2.41. The van der Waals surface area contributed by atoms with E-state index >= 15 is 0 Å². The molecule has 0 radical (unpaired) electrons. The topological polar surface area (TPSA) is 102 Å². The van der Waals surface area contributed by atoms with Crippen LogP contribution in [0.25, 0.3) is 0 Å². The maximum atomic E-state index is 12.0. The SMILES string of the molecule is Cc1ncc(C(=O)Nc2cccnc2S(C)(=O)=O)cn1. The molecule has 7 nitrogen and oxygen atoms in total. The van der Waals surface area contributed by atoms with Gasteiger partial charge in [-0.2, -0.15) is 0 Å². The predicted octanol–water partition coefficient (Wildman–Crippen LogP) is 0.836. The Morgan fingerprint density at radius 3 is 2.45 bits per heavy atom. The number of aromatic nitrogens is 3. The molecule has 1 N–H and O–H groups in total. The van der Waals surface area contributed by atoms with E-state index in [-0.39, 0.29) is 16.3 Å². The molecule has 0 bridgehead atoms. The Kier molecular flexibility index (Phi) is 3.75. The van der Waals surface area contributed by atoms with E-state index in [1.807, 2.05) is 0 Å². The third-order valence-corrected chi connectivity index (χ3v) is 3.44. The first-order chi connectivity index (χ1) is 9.38. The highest BCUT2D eigenvalue weighted by atomic mass is 32.2. The highest BCUT2D eigenvalue weighted by Crippen LogP contribution is 2.18. The lowest BCUT2D eigenvalue weighted by molar-refractivity contribution is 0.102. The molecule has 0 aliphatic rings. The van der Waals surface area contributed by atoms with Crippen molar-refractivity contribution in [3.63, 3.8) is 0 Å². The van der Waals surface area contributed by atoms with Crippen LogP contribution in [-0.2, 0) is 9.84 Å². The van der Waals surface area contributed by atoms with Gasteiger partial charge in [0, 0.05) is 24.8 Å². The van der Waals surface area contributed by atoms with Gasteiger partial charge in [0.2, 0.25) is 0 Å². The first kappa shape index (κ1) is 14.1. The van der Waals surface area contributed by atoms with Gasteiger partial charge in [0.05, 0.1) is 11.3 Å². The van der Waals surface area contributed by atoms with Crippen molar-refractivity contribution in [2.24, 2.45) is 0 Å². The summed E-state index contributed by atoms with van der Waals surface area (Å²) < 4.78 is 23.2. The summed E-state index contributed by atoms with van der Waals surface area (Å²) in [4.78, 5) is 23.6. The molecule has 0 aliphatic heterocycles. The molecule has 20 heavy (non-hydrogen) atoms. The van der Waals surface area contributed by atoms with Crippen molar-refractivity contribution in [1.29, 1.82) is 0 Å². The van der Waals surface area contributed by atoms with Gasteiger partial charge >= 0.3 is 0 Å². The number of sulfone groups is 1. The molecule has 1 amide bonds. The average Bonchev–Trinajstić information content (AvgIpc) is 2.38. The van der Waals surface area contributed by atoms with Crippen molar-refractivity contribution < 1.29 is 13.2 Å². The third kappa shape index (κ3) is 3.15. The van der Waals surface area contributed by atoms with Crippen LogP contribution in [-0.4, -0.2) is 35.5 Å². The highest BCUT2D eigenvalue weighted by molar-refractivity contribution is 7.90. The second-order valence-corrected chi connectivity index (χ2v) is 6.03. The highest BCUT2D eigenvalue weighted by Gasteiger charge is 2.17. The van der Waals surface area contributed by atoms with Gasteiger partial charge in [0.25, 0.3) is 5.91 Å². The van der Waals surface area contributed by atoms with Crippen LogP contribution < -0.4 is 5.32 Å². The van der Waals surface area contributed by atoms with Gasteiger partial charge in [0.1, 0.15) is 5.82 Å². The number of hydrogen-bond acceptors (Lipinski definition) is 6. The predicted molar refractivity (Wildman–Crippen MR) is 72.1 cm³/mol. The second kappa shape index (κ2) is 5.33. The van der Waals surface area contributed by atoms with E-state index in [0.717, 1.165) is 6.26 Å². The fourth-order valence-corrected chi connectivity index (χ4v) is 2.26. The van der Waals surface area contributed by atoms with Crippen LogP contribution in [0, 0.1) is 6.92 Å². The minimum absolute atomic E-state index is 0.126. The van der Waals surface area contributed by atoms with Crippen molar-refractivity contribution in [2.75, 3.05) is 11.6 Å². The lowest BCUT2D eigenvalue weighted by Crippen LogP contribution is -2.16. The Hall–Kier alpha value is -2.35. The minimum atomic E-state index is -3.53. The van der Waals surface area contributed by atoms with Crippen molar-refractivity contribution in [3.05, 3.63) is 42.1 Å². The number of carbonyl (C=O) groups is 1. The van der Waals surface area contributed by atoms with Crippen LogP contribution in [0.2, 0.25) is 0 Å². The van der Waals surface area contributed by atoms with E-state index in [1.165, 1.54) is 30.7 Å². The van der Waals surface area contributed by atoms with Gasteiger partial charge in [0.15, 0.2) is 14.9 Å². The Morgan fingerprint density at radius 1 is 1.20 bits per heavy atom. The number of rotatable bonds is 3. The van der Waals surface area contributed by atoms with Crippen LogP contribution in [0.4, 0.5) is 5.69 Å². The zero-order chi connectivity index (χ0) is 14.8. The molecule has 0 atom stereocenters. The zero-order valence-corrected chi connectivity index (χ0v) is 11.7. The van der Waals surface area contributed by atoms with Crippen molar-refractivity contribution in [3.8, 4) is 0 Å². The van der Waals surface area contributed by atoms with E-state index in [2.05, 4.69) is 20.3 Å². The fraction of sp³-hybridized carbons (Fsp3) is 0.167. The molecule has 0 fully saturated rings. The molecular weight excluding hydrogens is 280 g/mol. The van der Waals surface area contributed by atoms with E-state index in [1.54, 1.807) is 6.92 Å². The quantitative estimate of drug-likeness (QED) is 0.899. The molecule has 2 aromatic rings. The molecular formula is C12H12N4O3S. The molecule has 8 heteroatoms. The maximum absolute atomic E-state index is 12.0. The van der Waals surface area contributed by atoms with Gasteiger partial charge in [-0.15, -0.1) is 0 Å². The molecule has 0 unspecified atom stereocenters. The Morgan fingerprint density at radius 2 is 1.85 bits per heavy atom. The van der Waals surface area contributed by atoms with Crippen LogP contribution in [0.1, 0.15) is 16.2 Å². The summed E-state index contributed by atoms with van der Waals surface area (Å²) in [6, 6.07) is 3.01. The second-order valence-electron chi connectivity index (χ2n) is 4.10. The molecule has 2 aromatic heterocycles. The lowest BCUT2D eigenvalue weighted by Gasteiger charge is -2.08. The standard InChI is InChI=1S/C12H12N4O3S/c1-8-14-6-9(7-15-8)11(17)16-10-4-3-5-13-12(10)20(2,18)19/h3-7H,1-2H3,(H,16,17). The first-order valence-corrected chi connectivity index (χ1v) is 7.52. The van der Waals surface area contributed by atoms with Crippen LogP contribution in [0.15, 0.2) is 35.7 Å². The zero-order valence-electron chi connectivity index (χ0n) is 10.9. The van der Waals surface area contributed by atoms with E-state index in [0.29, 0.717) is 5.82 Å². The Labute approximate surface area is 116 Å². The number of amides is 1. The summed E-state index contributed by atoms with van der Waals surface area (Å²) in [5, 5.41) is 2.31. The average molecular weight is 292 g/mol. The number of aryl methyl sites for hydroxylation is 1. The number of carbonyl (C=O) groups excluding carboxylic acids is 1. The van der Waals surface area contributed by atoms with Gasteiger partial charge in [-0.25, -0.2) is 23.4 Å². The molecule has 0 spiro atoms. The monoisotopic (exact) mass is 292 g/mol. The maximum Gasteiger partial charge on any atom is 0.258 e. The number of nitrogens with zero attached hydrogens (tertiary/aromatic N) is 3. The molecule has 0 saturated carbocycles. The van der Waals surface area contributed by atoms with Crippen LogP contribution in [0.3, 0.4) is 0 Å². The first-order valence-electron chi connectivity index (χ1n) is 5.63. The van der Waals surface area contributed by atoms with Gasteiger partial charge < -0.3 is 5.32 Å². The Balaban J connectivity index is 2.31. The van der Waals surface area contributed by atoms with Crippen molar-refractivity contribution in [1.82, 2.24) is 15.0 Å².